The minimum absolute atomic E-state index is 0.0643. The molecule has 0 heterocycles. The van der Waals surface area contributed by atoms with Gasteiger partial charge in [-0.05, 0) is 25.7 Å². The number of rotatable bonds is 17. The Morgan fingerprint density at radius 2 is 0.931 bits per heavy atom. The molecule has 0 saturated carbocycles. The highest BCUT2D eigenvalue weighted by Gasteiger charge is 2.72. The molecule has 0 aromatic rings. The molecule has 0 fully saturated rings. The highest BCUT2D eigenvalue weighted by molar-refractivity contribution is 5.95. The molecule has 29 heavy (non-hydrogen) atoms. The fourth-order valence-corrected chi connectivity index (χ4v) is 4.89. The first-order valence-electron chi connectivity index (χ1n) is 11.0. The molecule has 4 N–H and O–H groups in total. The van der Waals surface area contributed by atoms with Crippen LogP contribution in [0.5, 0.6) is 0 Å². The molecule has 0 bridgehead atoms. The Kier molecular flexibility index (Phi) is 11.5. The van der Waals surface area contributed by atoms with E-state index in [0.29, 0.717) is 32.1 Å². The van der Waals surface area contributed by atoms with Crippen LogP contribution in [0.2, 0.25) is 0 Å². The van der Waals surface area contributed by atoms with Gasteiger partial charge < -0.3 is 20.4 Å². The van der Waals surface area contributed by atoms with E-state index in [0.717, 1.165) is 19.3 Å². The Morgan fingerprint density at radius 3 is 1.24 bits per heavy atom. The van der Waals surface area contributed by atoms with E-state index >= 15 is 0 Å². The summed E-state index contributed by atoms with van der Waals surface area (Å²) < 4.78 is 0. The molecule has 0 amide bonds. The number of unbranched alkanes of at least 4 members (excludes halogenated alkanes) is 4. The van der Waals surface area contributed by atoms with Gasteiger partial charge in [0.05, 0.1) is 0 Å². The van der Waals surface area contributed by atoms with E-state index in [1.54, 1.807) is 20.8 Å². The van der Waals surface area contributed by atoms with Crippen LogP contribution in [0.15, 0.2) is 0 Å². The summed E-state index contributed by atoms with van der Waals surface area (Å²) in [6.07, 6.45) is 4.62. The average molecular weight is 417 g/mol. The molecule has 0 aromatic heterocycles. The molecular formula is C22H40O7. The van der Waals surface area contributed by atoms with Crippen molar-refractivity contribution in [2.75, 3.05) is 0 Å². The lowest BCUT2D eigenvalue weighted by Gasteiger charge is -2.51. The van der Waals surface area contributed by atoms with Crippen LogP contribution in [0.1, 0.15) is 105 Å². The molecule has 0 radical (unpaired) electrons. The van der Waals surface area contributed by atoms with E-state index in [4.69, 9.17) is 0 Å². The minimum Gasteiger partial charge on any atom is -0.481 e. The van der Waals surface area contributed by atoms with E-state index in [9.17, 15) is 34.8 Å². The zero-order valence-electron chi connectivity index (χ0n) is 18.5. The number of aliphatic hydroxyl groups is 1. The summed E-state index contributed by atoms with van der Waals surface area (Å²) in [5.41, 5.74) is -7.05. The fourth-order valence-electron chi connectivity index (χ4n) is 4.89. The van der Waals surface area contributed by atoms with Crippen LogP contribution in [0.4, 0.5) is 0 Å². The maximum Gasteiger partial charge on any atom is 0.338 e. The second kappa shape index (κ2) is 12.2. The van der Waals surface area contributed by atoms with Gasteiger partial charge in [0.15, 0.2) is 5.60 Å². The molecule has 0 rings (SSSR count). The van der Waals surface area contributed by atoms with Gasteiger partial charge in [0.1, 0.15) is 10.8 Å². The van der Waals surface area contributed by atoms with Crippen molar-refractivity contribution in [3.8, 4) is 0 Å². The van der Waals surface area contributed by atoms with Crippen molar-refractivity contribution in [3.63, 3.8) is 0 Å². The maximum absolute atomic E-state index is 12.5. The third-order valence-corrected chi connectivity index (χ3v) is 6.25. The Labute approximate surface area is 174 Å². The molecule has 0 aromatic carbocycles. The summed E-state index contributed by atoms with van der Waals surface area (Å²) in [5, 5.41) is 42.1. The summed E-state index contributed by atoms with van der Waals surface area (Å²) in [6.45, 7) is 7.20. The van der Waals surface area contributed by atoms with Crippen molar-refractivity contribution in [2.45, 2.75) is 110 Å². The van der Waals surface area contributed by atoms with Crippen molar-refractivity contribution in [1.82, 2.24) is 0 Å². The lowest BCUT2D eigenvalue weighted by molar-refractivity contribution is -0.226. The van der Waals surface area contributed by atoms with E-state index in [2.05, 4.69) is 6.92 Å². The van der Waals surface area contributed by atoms with Crippen LogP contribution in [0.25, 0.3) is 0 Å². The predicted octanol–water partition coefficient (Wildman–Crippen LogP) is 4.70. The van der Waals surface area contributed by atoms with Crippen LogP contribution in [-0.2, 0) is 14.4 Å². The van der Waals surface area contributed by atoms with Gasteiger partial charge in [0.25, 0.3) is 0 Å². The van der Waals surface area contributed by atoms with Gasteiger partial charge in [-0.1, -0.05) is 79.1 Å². The molecule has 0 aliphatic rings. The first kappa shape index (κ1) is 27.4. The zero-order chi connectivity index (χ0) is 22.7. The number of carboxylic acids is 3. The molecule has 7 nitrogen and oxygen atoms in total. The van der Waals surface area contributed by atoms with E-state index in [1.165, 1.54) is 0 Å². The lowest BCUT2D eigenvalue weighted by atomic mass is 9.52. The van der Waals surface area contributed by atoms with Gasteiger partial charge in [-0.3, -0.25) is 9.59 Å². The van der Waals surface area contributed by atoms with Crippen molar-refractivity contribution >= 4 is 17.9 Å². The highest BCUT2D eigenvalue weighted by Crippen LogP contribution is 2.55. The standard InChI is InChI=1S/C22H40O7/c1-5-9-10-11-12-16-21(15-8-4,18(25)26)22(29,19(27)28)20(13-6-2,14-7-3)17(23)24/h29H,5-16H2,1-4H3,(H,23,24)(H,25,26)(H,27,28). The summed E-state index contributed by atoms with van der Waals surface area (Å²) >= 11 is 0. The first-order valence-corrected chi connectivity index (χ1v) is 11.0. The van der Waals surface area contributed by atoms with E-state index in [-0.39, 0.29) is 25.7 Å². The highest BCUT2D eigenvalue weighted by atomic mass is 16.4. The first-order chi connectivity index (χ1) is 13.6. The van der Waals surface area contributed by atoms with Crippen LogP contribution in [0, 0.1) is 10.8 Å². The zero-order valence-corrected chi connectivity index (χ0v) is 18.5. The van der Waals surface area contributed by atoms with Gasteiger partial charge in [-0.25, -0.2) is 4.79 Å². The summed E-state index contributed by atoms with van der Waals surface area (Å²) in [5.74, 6) is -4.64. The number of carbonyl (C=O) groups is 3. The molecule has 7 heteroatoms. The van der Waals surface area contributed by atoms with Crippen LogP contribution in [-0.4, -0.2) is 43.9 Å². The quantitative estimate of drug-likeness (QED) is 0.252. The Balaban J connectivity index is 6.64. The van der Waals surface area contributed by atoms with Crippen molar-refractivity contribution in [2.24, 2.45) is 10.8 Å². The largest absolute Gasteiger partial charge is 0.481 e. The Hall–Kier alpha value is -1.63. The number of hydrogen-bond acceptors (Lipinski definition) is 4. The van der Waals surface area contributed by atoms with Crippen molar-refractivity contribution in [3.05, 3.63) is 0 Å². The fraction of sp³-hybridized carbons (Fsp3) is 0.864. The van der Waals surface area contributed by atoms with Gasteiger partial charge in [0.2, 0.25) is 0 Å². The van der Waals surface area contributed by atoms with Crippen molar-refractivity contribution in [1.29, 1.82) is 0 Å². The third kappa shape index (κ3) is 5.30. The van der Waals surface area contributed by atoms with Crippen LogP contribution >= 0.6 is 0 Å². The minimum atomic E-state index is -2.91. The van der Waals surface area contributed by atoms with Gasteiger partial charge >= 0.3 is 17.9 Å². The Morgan fingerprint density at radius 1 is 0.552 bits per heavy atom. The molecule has 0 spiro atoms. The van der Waals surface area contributed by atoms with E-state index in [1.807, 2.05) is 0 Å². The Bertz CT molecular complexity index is 539. The van der Waals surface area contributed by atoms with E-state index < -0.39 is 34.3 Å². The van der Waals surface area contributed by atoms with Gasteiger partial charge in [-0.2, -0.15) is 0 Å². The number of carboxylic acid groups (broad SMARTS) is 3. The number of aliphatic carboxylic acids is 3. The SMILES string of the molecule is CCCCCCCC(CCC)(C(=O)O)C(O)(C(=O)O)C(CCC)(CCC)C(=O)O. The van der Waals surface area contributed by atoms with Gasteiger partial charge in [-0.15, -0.1) is 0 Å². The second-order valence-electron chi connectivity index (χ2n) is 8.20. The van der Waals surface area contributed by atoms with Crippen LogP contribution < -0.4 is 0 Å². The molecule has 0 aliphatic heterocycles. The molecular weight excluding hydrogens is 376 g/mol. The molecule has 0 aliphatic carbocycles. The molecule has 0 saturated heterocycles. The number of hydrogen-bond donors (Lipinski definition) is 4. The predicted molar refractivity (Wildman–Crippen MR) is 111 cm³/mol. The van der Waals surface area contributed by atoms with Gasteiger partial charge in [0, 0.05) is 0 Å². The lowest BCUT2D eigenvalue weighted by Crippen LogP contribution is -2.69. The smallest absolute Gasteiger partial charge is 0.338 e. The molecule has 2 unspecified atom stereocenters. The summed E-state index contributed by atoms with van der Waals surface area (Å²) in [7, 11) is 0. The molecule has 170 valence electrons. The maximum atomic E-state index is 12.5. The second-order valence-corrected chi connectivity index (χ2v) is 8.20. The summed E-state index contributed by atoms with van der Waals surface area (Å²) in [4.78, 5) is 37.5. The van der Waals surface area contributed by atoms with Crippen molar-refractivity contribution < 1.29 is 34.8 Å². The monoisotopic (exact) mass is 416 g/mol. The topological polar surface area (TPSA) is 132 Å². The summed E-state index contributed by atoms with van der Waals surface area (Å²) in [6, 6.07) is 0. The molecule has 2 atom stereocenters. The average Bonchev–Trinajstić information content (AvgIpc) is 2.65. The third-order valence-electron chi connectivity index (χ3n) is 6.25. The van der Waals surface area contributed by atoms with Crippen LogP contribution in [0.3, 0.4) is 0 Å². The normalized spacial score (nSPS) is 16.0.